The second-order valence-electron chi connectivity index (χ2n) is 8.58. The van der Waals surface area contributed by atoms with E-state index in [1.54, 1.807) is 26.0 Å². The van der Waals surface area contributed by atoms with Crippen LogP contribution in [0.2, 0.25) is 0 Å². The summed E-state index contributed by atoms with van der Waals surface area (Å²) in [7, 11) is 1.42. The first kappa shape index (κ1) is 21.2. The molecule has 2 atom stereocenters. The first-order valence-corrected chi connectivity index (χ1v) is 10.5. The molecule has 2 aliphatic heterocycles. The topological polar surface area (TPSA) is 101 Å². The van der Waals surface area contributed by atoms with Crippen LogP contribution in [0.3, 0.4) is 0 Å². The average molecular weight is 450 g/mol. The molecule has 33 heavy (non-hydrogen) atoms. The summed E-state index contributed by atoms with van der Waals surface area (Å²) in [5.41, 5.74) is -2.60. The number of ketones is 1. The fourth-order valence-corrected chi connectivity index (χ4v) is 4.72. The third kappa shape index (κ3) is 2.97. The van der Waals surface area contributed by atoms with Gasteiger partial charge in [0, 0.05) is 24.6 Å². The molecule has 0 bridgehead atoms. The lowest BCUT2D eigenvalue weighted by atomic mass is 9.79. The van der Waals surface area contributed by atoms with Gasteiger partial charge in [0.05, 0.1) is 12.7 Å². The van der Waals surface area contributed by atoms with Gasteiger partial charge in [-0.15, -0.1) is 0 Å². The van der Waals surface area contributed by atoms with E-state index in [0.29, 0.717) is 5.56 Å². The van der Waals surface area contributed by atoms with Gasteiger partial charge in [-0.25, -0.2) is 0 Å². The van der Waals surface area contributed by atoms with Gasteiger partial charge in [0.25, 0.3) is 0 Å². The lowest BCUT2D eigenvalue weighted by Crippen LogP contribution is -2.51. The number of Topliss-reactive ketones (excluding diaryl/α,β-unsaturated/α-hetero) is 1. The van der Waals surface area contributed by atoms with Gasteiger partial charge in [-0.05, 0) is 13.8 Å². The molecule has 0 saturated carbocycles. The van der Waals surface area contributed by atoms with Gasteiger partial charge in [0.1, 0.15) is 41.0 Å². The van der Waals surface area contributed by atoms with Gasteiger partial charge in [0.2, 0.25) is 11.4 Å². The molecule has 3 heterocycles. The van der Waals surface area contributed by atoms with Gasteiger partial charge in [-0.2, -0.15) is 0 Å². The molecule has 1 saturated heterocycles. The molecular weight excluding hydrogens is 428 g/mol. The lowest BCUT2D eigenvalue weighted by Gasteiger charge is -2.37. The van der Waals surface area contributed by atoms with Crippen molar-refractivity contribution in [1.82, 2.24) is 0 Å². The molecule has 2 aromatic carbocycles. The molecule has 5 rings (SSSR count). The van der Waals surface area contributed by atoms with Crippen molar-refractivity contribution in [1.29, 1.82) is 0 Å². The molecule has 0 radical (unpaired) electrons. The molecule has 0 aliphatic carbocycles. The SMILES string of the molecule is COc1cc2c(c3oc(-c4ccccc4)cc(=O)c13)[C@]1(OC(C)=O)C(=O)C(C)(C)OC1CO2. The molecule has 0 spiro atoms. The predicted molar refractivity (Wildman–Crippen MR) is 117 cm³/mol. The van der Waals surface area contributed by atoms with Crippen LogP contribution in [-0.2, 0) is 24.7 Å². The number of carbonyl (C=O) groups excluding carboxylic acids is 2. The summed E-state index contributed by atoms with van der Waals surface area (Å²) in [6, 6.07) is 11.9. The van der Waals surface area contributed by atoms with E-state index >= 15 is 0 Å². The molecule has 170 valence electrons. The zero-order chi connectivity index (χ0) is 23.5. The van der Waals surface area contributed by atoms with Crippen molar-refractivity contribution in [3.63, 3.8) is 0 Å². The van der Waals surface area contributed by atoms with E-state index in [-0.39, 0.29) is 45.8 Å². The van der Waals surface area contributed by atoms with Gasteiger partial charge >= 0.3 is 5.97 Å². The lowest BCUT2D eigenvalue weighted by molar-refractivity contribution is -0.174. The Morgan fingerprint density at radius 3 is 2.52 bits per heavy atom. The standard InChI is InChI=1S/C25H22O8/c1-13(26)32-25-19(33-24(2,3)23(25)28)12-30-18-11-17(29-4)20-15(27)10-16(31-22(20)21(18)25)14-8-6-5-7-9-14/h5-11,19H,12H2,1-4H3/t19?,25-/m0/s1. The Hall–Kier alpha value is -3.65. The van der Waals surface area contributed by atoms with Crippen molar-refractivity contribution in [2.45, 2.75) is 38.1 Å². The minimum atomic E-state index is -1.83. The summed E-state index contributed by atoms with van der Waals surface area (Å²) in [4.78, 5) is 39.2. The monoisotopic (exact) mass is 450 g/mol. The van der Waals surface area contributed by atoms with Gasteiger partial charge in [-0.3, -0.25) is 14.4 Å². The molecule has 0 N–H and O–H groups in total. The van der Waals surface area contributed by atoms with Crippen molar-refractivity contribution in [2.24, 2.45) is 0 Å². The number of hydrogen-bond donors (Lipinski definition) is 0. The normalized spacial score (nSPS) is 22.9. The Kier molecular flexibility index (Phi) is 4.61. The molecule has 1 aromatic heterocycles. The first-order valence-electron chi connectivity index (χ1n) is 10.5. The van der Waals surface area contributed by atoms with Gasteiger partial charge in [-0.1, -0.05) is 30.3 Å². The molecular formula is C25H22O8. The quantitative estimate of drug-likeness (QED) is 0.560. The molecule has 0 amide bonds. The minimum absolute atomic E-state index is 0.0350. The van der Waals surface area contributed by atoms with Crippen LogP contribution in [0.5, 0.6) is 11.5 Å². The van der Waals surface area contributed by atoms with Gasteiger partial charge < -0.3 is 23.4 Å². The molecule has 1 fully saturated rings. The van der Waals surface area contributed by atoms with Crippen LogP contribution in [-0.4, -0.2) is 37.2 Å². The molecule has 3 aromatic rings. The van der Waals surface area contributed by atoms with Crippen molar-refractivity contribution in [3.8, 4) is 22.8 Å². The minimum Gasteiger partial charge on any atom is -0.496 e. The molecule has 2 aliphatic rings. The van der Waals surface area contributed by atoms with Crippen LogP contribution < -0.4 is 14.9 Å². The Labute approximate surface area is 189 Å². The second-order valence-corrected chi connectivity index (χ2v) is 8.58. The third-order valence-corrected chi connectivity index (χ3v) is 6.05. The highest BCUT2D eigenvalue weighted by molar-refractivity contribution is 6.04. The van der Waals surface area contributed by atoms with E-state index in [2.05, 4.69) is 0 Å². The van der Waals surface area contributed by atoms with Crippen LogP contribution in [0, 0.1) is 0 Å². The smallest absolute Gasteiger partial charge is 0.304 e. The Morgan fingerprint density at radius 1 is 1.12 bits per heavy atom. The number of esters is 1. The Morgan fingerprint density at radius 2 is 1.85 bits per heavy atom. The van der Waals surface area contributed by atoms with Crippen molar-refractivity contribution in [2.75, 3.05) is 13.7 Å². The van der Waals surface area contributed by atoms with Crippen LogP contribution in [0.25, 0.3) is 22.3 Å². The van der Waals surface area contributed by atoms with Crippen LogP contribution in [0.4, 0.5) is 0 Å². The van der Waals surface area contributed by atoms with Crippen LogP contribution in [0.15, 0.2) is 51.7 Å². The number of rotatable bonds is 3. The van der Waals surface area contributed by atoms with Crippen LogP contribution >= 0.6 is 0 Å². The molecule has 8 nitrogen and oxygen atoms in total. The van der Waals surface area contributed by atoms with Crippen molar-refractivity contribution in [3.05, 3.63) is 58.3 Å². The number of methoxy groups -OCH3 is 1. The number of fused-ring (bicyclic) bond motifs is 5. The zero-order valence-electron chi connectivity index (χ0n) is 18.6. The summed E-state index contributed by atoms with van der Waals surface area (Å²) in [5, 5.41) is 0.115. The van der Waals surface area contributed by atoms with Gasteiger partial charge in [0.15, 0.2) is 11.0 Å². The highest BCUT2D eigenvalue weighted by Crippen LogP contribution is 2.53. The van der Waals surface area contributed by atoms with Crippen molar-refractivity contribution < 1.29 is 33.0 Å². The van der Waals surface area contributed by atoms with E-state index in [9.17, 15) is 14.4 Å². The summed E-state index contributed by atoms with van der Waals surface area (Å²) in [5.74, 6) is -0.402. The fraction of sp³-hybridized carbons (Fsp3) is 0.320. The fourth-order valence-electron chi connectivity index (χ4n) is 4.72. The van der Waals surface area contributed by atoms with E-state index in [0.717, 1.165) is 0 Å². The van der Waals surface area contributed by atoms with E-state index < -0.39 is 29.1 Å². The number of hydrogen-bond acceptors (Lipinski definition) is 8. The first-order chi connectivity index (χ1) is 15.7. The summed E-state index contributed by atoms with van der Waals surface area (Å²) < 4.78 is 29.3. The highest BCUT2D eigenvalue weighted by atomic mass is 16.6. The number of benzene rings is 2. The Bertz CT molecular complexity index is 1350. The summed E-state index contributed by atoms with van der Waals surface area (Å²) in [6.45, 7) is 4.40. The third-order valence-electron chi connectivity index (χ3n) is 6.05. The van der Waals surface area contributed by atoms with E-state index in [1.165, 1.54) is 26.2 Å². The largest absolute Gasteiger partial charge is 0.496 e. The molecule has 1 unspecified atom stereocenters. The maximum absolute atomic E-state index is 13.7. The van der Waals surface area contributed by atoms with E-state index in [1.807, 2.05) is 18.2 Å². The maximum atomic E-state index is 13.7. The zero-order valence-corrected chi connectivity index (χ0v) is 18.6. The summed E-state index contributed by atoms with van der Waals surface area (Å²) in [6.07, 6.45) is -0.918. The molecule has 8 heteroatoms. The second kappa shape index (κ2) is 7.18. The van der Waals surface area contributed by atoms with Crippen molar-refractivity contribution >= 4 is 22.7 Å². The Balaban J connectivity index is 1.92. The number of carbonyl (C=O) groups is 2. The van der Waals surface area contributed by atoms with Crippen LogP contribution in [0.1, 0.15) is 26.3 Å². The highest BCUT2D eigenvalue weighted by Gasteiger charge is 2.67. The van der Waals surface area contributed by atoms with E-state index in [4.69, 9.17) is 23.4 Å². The average Bonchev–Trinajstić information content (AvgIpc) is 2.98. The predicted octanol–water partition coefficient (Wildman–Crippen LogP) is 3.37. The number of ether oxygens (including phenoxy) is 4. The summed E-state index contributed by atoms with van der Waals surface area (Å²) >= 11 is 0. The maximum Gasteiger partial charge on any atom is 0.304 e.